The Kier molecular flexibility index (Phi) is 8.48. The van der Waals surface area contributed by atoms with Crippen LogP contribution >= 0.6 is 11.6 Å². The highest BCUT2D eigenvalue weighted by Crippen LogP contribution is 2.25. The summed E-state index contributed by atoms with van der Waals surface area (Å²) >= 11 is 5.99. The lowest BCUT2D eigenvalue weighted by Crippen LogP contribution is -2.28. The minimum Gasteiger partial charge on any atom is -0.496 e. The van der Waals surface area contributed by atoms with Crippen LogP contribution in [0.5, 0.6) is 5.75 Å². The lowest BCUT2D eigenvalue weighted by molar-refractivity contribution is -0.161. The second-order valence-corrected chi connectivity index (χ2v) is 5.34. The van der Waals surface area contributed by atoms with Gasteiger partial charge in [-0.1, -0.05) is 11.6 Å². The van der Waals surface area contributed by atoms with Crippen LogP contribution in [0.1, 0.15) is 32.3 Å². The molecular formula is C17H23ClO5. The van der Waals surface area contributed by atoms with Gasteiger partial charge in [0.15, 0.2) is 5.92 Å². The van der Waals surface area contributed by atoms with Crippen LogP contribution in [0.2, 0.25) is 5.02 Å². The molecule has 0 aliphatic heterocycles. The molecule has 0 amide bonds. The Hall–Kier alpha value is -1.75. The molecule has 0 radical (unpaired) electrons. The number of hydrogen-bond donors (Lipinski definition) is 0. The van der Waals surface area contributed by atoms with Gasteiger partial charge in [-0.15, -0.1) is 0 Å². The standard InChI is InChI=1S/C17H23ClO5/c1-4-22-16(19)14(17(20)23-5-2)8-6-7-12-11-13(18)9-10-15(12)21-3/h9-11,14H,4-8H2,1-3H3. The van der Waals surface area contributed by atoms with E-state index in [0.717, 1.165) is 11.3 Å². The van der Waals surface area contributed by atoms with Gasteiger partial charge in [-0.3, -0.25) is 9.59 Å². The maximum absolute atomic E-state index is 11.9. The average molecular weight is 343 g/mol. The van der Waals surface area contributed by atoms with Gasteiger partial charge >= 0.3 is 11.9 Å². The van der Waals surface area contributed by atoms with Crippen molar-refractivity contribution in [1.29, 1.82) is 0 Å². The summed E-state index contributed by atoms with van der Waals surface area (Å²) in [7, 11) is 1.59. The molecule has 6 heteroatoms. The highest BCUT2D eigenvalue weighted by atomic mass is 35.5. The fraction of sp³-hybridized carbons (Fsp3) is 0.529. The van der Waals surface area contributed by atoms with Crippen molar-refractivity contribution in [2.24, 2.45) is 5.92 Å². The molecule has 1 aromatic carbocycles. The molecule has 0 saturated heterocycles. The number of halogens is 1. The number of aryl methyl sites for hydroxylation is 1. The van der Waals surface area contributed by atoms with Crippen LogP contribution in [-0.4, -0.2) is 32.3 Å². The lowest BCUT2D eigenvalue weighted by atomic mass is 9.99. The summed E-state index contributed by atoms with van der Waals surface area (Å²) in [5, 5.41) is 0.619. The van der Waals surface area contributed by atoms with Crippen LogP contribution in [0.3, 0.4) is 0 Å². The summed E-state index contributed by atoms with van der Waals surface area (Å²) in [6.45, 7) is 3.88. The number of methoxy groups -OCH3 is 1. The van der Waals surface area contributed by atoms with Crippen LogP contribution < -0.4 is 4.74 Å². The molecule has 0 saturated carbocycles. The van der Waals surface area contributed by atoms with Crippen LogP contribution in [-0.2, 0) is 25.5 Å². The maximum Gasteiger partial charge on any atom is 0.320 e. The van der Waals surface area contributed by atoms with Gasteiger partial charge in [-0.25, -0.2) is 0 Å². The summed E-state index contributed by atoms with van der Waals surface area (Å²) in [5.74, 6) is -1.23. The van der Waals surface area contributed by atoms with Crippen molar-refractivity contribution >= 4 is 23.5 Å². The van der Waals surface area contributed by atoms with Crippen LogP contribution in [0.4, 0.5) is 0 Å². The highest BCUT2D eigenvalue weighted by molar-refractivity contribution is 6.30. The fourth-order valence-corrected chi connectivity index (χ4v) is 2.45. The Labute approximate surface area is 141 Å². The zero-order valence-electron chi connectivity index (χ0n) is 13.8. The van der Waals surface area contributed by atoms with E-state index in [9.17, 15) is 9.59 Å². The number of hydrogen-bond acceptors (Lipinski definition) is 5. The van der Waals surface area contributed by atoms with E-state index in [2.05, 4.69) is 0 Å². The van der Waals surface area contributed by atoms with Gasteiger partial charge in [0.1, 0.15) is 5.75 Å². The van der Waals surface area contributed by atoms with E-state index in [0.29, 0.717) is 24.3 Å². The molecule has 0 bridgehead atoms. The SMILES string of the molecule is CCOC(=O)C(CCCc1cc(Cl)ccc1OC)C(=O)OCC. The molecule has 0 heterocycles. The van der Waals surface area contributed by atoms with Crippen molar-refractivity contribution in [2.75, 3.05) is 20.3 Å². The van der Waals surface area contributed by atoms with Crippen LogP contribution in [0, 0.1) is 5.92 Å². The van der Waals surface area contributed by atoms with Crippen molar-refractivity contribution in [1.82, 2.24) is 0 Å². The molecule has 0 aliphatic rings. The molecule has 0 fully saturated rings. The second kappa shape index (κ2) is 10.1. The molecule has 0 aromatic heterocycles. The average Bonchev–Trinajstić information content (AvgIpc) is 2.52. The molecule has 0 aliphatic carbocycles. The number of esters is 2. The molecule has 23 heavy (non-hydrogen) atoms. The summed E-state index contributed by atoms with van der Waals surface area (Å²) in [4.78, 5) is 23.8. The number of carbonyl (C=O) groups is 2. The second-order valence-electron chi connectivity index (χ2n) is 4.91. The molecule has 0 N–H and O–H groups in total. The molecule has 5 nitrogen and oxygen atoms in total. The third kappa shape index (κ3) is 6.10. The Balaban J connectivity index is 2.69. The highest BCUT2D eigenvalue weighted by Gasteiger charge is 2.28. The van der Waals surface area contributed by atoms with E-state index in [4.69, 9.17) is 25.8 Å². The first-order chi connectivity index (χ1) is 11.0. The Morgan fingerprint density at radius 3 is 2.26 bits per heavy atom. The zero-order valence-corrected chi connectivity index (χ0v) is 14.5. The van der Waals surface area contributed by atoms with Gasteiger partial charge in [0.05, 0.1) is 20.3 Å². The first-order valence-electron chi connectivity index (χ1n) is 7.69. The molecule has 1 rings (SSSR count). The molecule has 1 aromatic rings. The Bertz CT molecular complexity index is 512. The van der Waals surface area contributed by atoms with E-state index in [-0.39, 0.29) is 13.2 Å². The third-order valence-corrected chi connectivity index (χ3v) is 3.56. The van der Waals surface area contributed by atoms with Gasteiger partial charge in [0, 0.05) is 5.02 Å². The van der Waals surface area contributed by atoms with E-state index in [1.165, 1.54) is 0 Å². The van der Waals surface area contributed by atoms with Crippen LogP contribution in [0.25, 0.3) is 0 Å². The normalized spacial score (nSPS) is 10.5. The first-order valence-corrected chi connectivity index (χ1v) is 8.06. The monoisotopic (exact) mass is 342 g/mol. The largest absolute Gasteiger partial charge is 0.496 e. The topological polar surface area (TPSA) is 61.8 Å². The van der Waals surface area contributed by atoms with Gasteiger partial charge in [-0.05, 0) is 56.9 Å². The molecule has 0 atom stereocenters. The Morgan fingerprint density at radius 1 is 1.13 bits per heavy atom. The summed E-state index contributed by atoms with van der Waals surface area (Å²) in [5.41, 5.74) is 0.937. The number of carbonyl (C=O) groups excluding carboxylic acids is 2. The van der Waals surface area contributed by atoms with Gasteiger partial charge in [-0.2, -0.15) is 0 Å². The molecule has 0 spiro atoms. The maximum atomic E-state index is 11.9. The molecule has 128 valence electrons. The summed E-state index contributed by atoms with van der Waals surface area (Å²) in [6, 6.07) is 5.37. The quantitative estimate of drug-likeness (QED) is 0.508. The van der Waals surface area contributed by atoms with Gasteiger partial charge < -0.3 is 14.2 Å². The predicted molar refractivity (Wildman–Crippen MR) is 87.7 cm³/mol. The lowest BCUT2D eigenvalue weighted by Gasteiger charge is -2.15. The van der Waals surface area contributed by atoms with E-state index in [1.54, 1.807) is 33.1 Å². The summed E-state index contributed by atoms with van der Waals surface area (Å²) in [6.07, 6.45) is 1.60. The van der Waals surface area contributed by atoms with E-state index >= 15 is 0 Å². The van der Waals surface area contributed by atoms with E-state index in [1.807, 2.05) is 6.07 Å². The molecule has 0 unspecified atom stereocenters. The van der Waals surface area contributed by atoms with Crippen molar-refractivity contribution in [2.45, 2.75) is 33.1 Å². The van der Waals surface area contributed by atoms with Crippen molar-refractivity contribution in [3.8, 4) is 5.75 Å². The number of rotatable bonds is 9. The third-order valence-electron chi connectivity index (χ3n) is 3.32. The van der Waals surface area contributed by atoms with Crippen molar-refractivity contribution in [3.05, 3.63) is 28.8 Å². The number of benzene rings is 1. The van der Waals surface area contributed by atoms with E-state index < -0.39 is 17.9 Å². The van der Waals surface area contributed by atoms with Crippen molar-refractivity contribution in [3.63, 3.8) is 0 Å². The Morgan fingerprint density at radius 2 is 1.74 bits per heavy atom. The smallest absolute Gasteiger partial charge is 0.320 e. The minimum atomic E-state index is -0.889. The number of ether oxygens (including phenoxy) is 3. The molecular weight excluding hydrogens is 320 g/mol. The van der Waals surface area contributed by atoms with Crippen molar-refractivity contribution < 1.29 is 23.8 Å². The van der Waals surface area contributed by atoms with Gasteiger partial charge in [0.2, 0.25) is 0 Å². The predicted octanol–water partition coefficient (Wildman–Crippen LogP) is 3.41. The summed E-state index contributed by atoms with van der Waals surface area (Å²) < 4.78 is 15.2. The minimum absolute atomic E-state index is 0.233. The van der Waals surface area contributed by atoms with Gasteiger partial charge in [0.25, 0.3) is 0 Å². The zero-order chi connectivity index (χ0) is 17.2. The fourth-order valence-electron chi connectivity index (χ4n) is 2.26. The first kappa shape index (κ1) is 19.3. The van der Waals surface area contributed by atoms with Crippen LogP contribution in [0.15, 0.2) is 18.2 Å².